The molecule has 32 heavy (non-hydrogen) atoms. The number of aromatic nitrogens is 1. The molecule has 6 nitrogen and oxygen atoms in total. The topological polar surface area (TPSA) is 77.2 Å². The minimum absolute atomic E-state index is 0.0993. The smallest absolute Gasteiger partial charge is 0.322 e. The summed E-state index contributed by atoms with van der Waals surface area (Å²) in [6, 6.07) is 9.70. The lowest BCUT2D eigenvalue weighted by atomic mass is 10.0. The van der Waals surface area contributed by atoms with Crippen LogP contribution in [-0.2, 0) is 0 Å². The predicted molar refractivity (Wildman–Crippen MR) is 119 cm³/mol. The van der Waals surface area contributed by atoms with Gasteiger partial charge in [-0.15, -0.1) is 0 Å². The van der Waals surface area contributed by atoms with Crippen LogP contribution in [0.1, 0.15) is 18.5 Å². The first kappa shape index (κ1) is 23.6. The van der Waals surface area contributed by atoms with Crippen molar-refractivity contribution in [3.8, 4) is 0 Å². The van der Waals surface area contributed by atoms with Gasteiger partial charge >= 0.3 is 6.03 Å². The molecule has 1 unspecified atom stereocenters. The first-order valence-corrected chi connectivity index (χ1v) is 10.3. The normalized spacial score (nSPS) is 12.2. The van der Waals surface area contributed by atoms with E-state index in [9.17, 15) is 22.8 Å². The molecule has 0 aliphatic carbocycles. The van der Waals surface area contributed by atoms with Gasteiger partial charge in [-0.25, -0.2) is 18.0 Å². The largest absolute Gasteiger partial charge is 0.328 e. The number of carbonyl (C=O) groups excluding carboxylic acids is 1. The number of nitrogens with one attached hydrogen (secondary N) is 3. The van der Waals surface area contributed by atoms with Crippen LogP contribution in [0, 0.1) is 5.82 Å². The van der Waals surface area contributed by atoms with Gasteiger partial charge in [-0.3, -0.25) is 4.79 Å². The zero-order valence-corrected chi connectivity index (χ0v) is 17.9. The fraction of sp³-hybridized carbons (Fsp3) is 0.273. The zero-order chi connectivity index (χ0) is 23.3. The summed E-state index contributed by atoms with van der Waals surface area (Å²) in [6.07, 6.45) is -0.976. The molecule has 3 rings (SSSR count). The lowest BCUT2D eigenvalue weighted by Crippen LogP contribution is -2.42. The highest BCUT2D eigenvalue weighted by molar-refractivity contribution is 6.31. The summed E-state index contributed by atoms with van der Waals surface area (Å²) >= 11 is 5.79. The summed E-state index contributed by atoms with van der Waals surface area (Å²) in [7, 11) is 0. The second-order valence-electron chi connectivity index (χ2n) is 7.14. The average Bonchev–Trinajstić information content (AvgIpc) is 2.76. The number of benzene rings is 2. The fourth-order valence-electron chi connectivity index (χ4n) is 3.40. The number of aromatic amines is 1. The molecule has 1 heterocycles. The van der Waals surface area contributed by atoms with Crippen LogP contribution < -0.4 is 16.2 Å². The Hall–Kier alpha value is -3.04. The molecule has 0 aliphatic heterocycles. The van der Waals surface area contributed by atoms with Crippen molar-refractivity contribution in [2.75, 3.05) is 25.0 Å². The molecule has 2 amide bonds. The molecule has 3 N–H and O–H groups in total. The molecule has 0 fully saturated rings. The average molecular weight is 467 g/mol. The third kappa shape index (κ3) is 5.60. The number of alkyl halides is 2. The Labute approximate surface area is 187 Å². The number of amides is 2. The molecule has 170 valence electrons. The van der Waals surface area contributed by atoms with Crippen LogP contribution in [0.2, 0.25) is 5.02 Å². The molecule has 0 spiro atoms. The molecule has 1 aromatic heterocycles. The van der Waals surface area contributed by atoms with Crippen molar-refractivity contribution >= 4 is 34.1 Å². The highest BCUT2D eigenvalue weighted by Gasteiger charge is 2.24. The van der Waals surface area contributed by atoms with E-state index in [4.69, 9.17) is 11.6 Å². The molecular formula is C22H22ClF3N4O2. The van der Waals surface area contributed by atoms with Crippen molar-refractivity contribution in [3.05, 3.63) is 75.4 Å². The molecule has 2 aromatic carbocycles. The van der Waals surface area contributed by atoms with Crippen LogP contribution in [0.3, 0.4) is 0 Å². The fourth-order valence-corrected chi connectivity index (χ4v) is 3.58. The Morgan fingerprint density at radius 3 is 2.59 bits per heavy atom. The van der Waals surface area contributed by atoms with Crippen molar-refractivity contribution in [2.24, 2.45) is 0 Å². The third-order valence-electron chi connectivity index (χ3n) is 5.02. The number of anilines is 1. The van der Waals surface area contributed by atoms with E-state index in [-0.39, 0.29) is 29.4 Å². The number of urea groups is 1. The number of nitrogens with zero attached hydrogens (tertiary/aromatic N) is 1. The van der Waals surface area contributed by atoms with Crippen LogP contribution in [-0.4, -0.2) is 42.0 Å². The van der Waals surface area contributed by atoms with E-state index < -0.39 is 30.9 Å². The zero-order valence-electron chi connectivity index (χ0n) is 17.2. The summed E-state index contributed by atoms with van der Waals surface area (Å²) < 4.78 is 38.4. The minimum atomic E-state index is -2.51. The summed E-state index contributed by atoms with van der Waals surface area (Å²) in [5.74, 6) is -0.620. The third-order valence-corrected chi connectivity index (χ3v) is 5.31. The van der Waals surface area contributed by atoms with Gasteiger partial charge in [-0.05, 0) is 42.1 Å². The Kier molecular flexibility index (Phi) is 7.76. The number of H-pyrrole nitrogens is 1. The van der Waals surface area contributed by atoms with Crippen molar-refractivity contribution in [1.29, 1.82) is 0 Å². The number of halogens is 4. The van der Waals surface area contributed by atoms with Crippen LogP contribution in [0.5, 0.6) is 0 Å². The first-order valence-electron chi connectivity index (χ1n) is 9.89. The van der Waals surface area contributed by atoms with Crippen LogP contribution >= 0.6 is 11.6 Å². The van der Waals surface area contributed by atoms with E-state index in [0.29, 0.717) is 16.3 Å². The summed E-state index contributed by atoms with van der Waals surface area (Å²) in [5, 5.41) is 6.26. The van der Waals surface area contributed by atoms with E-state index in [1.165, 1.54) is 23.2 Å². The number of rotatable bonds is 8. The summed E-state index contributed by atoms with van der Waals surface area (Å²) in [6.45, 7) is 1.49. The van der Waals surface area contributed by atoms with Gasteiger partial charge in [0.25, 0.3) is 12.0 Å². The van der Waals surface area contributed by atoms with E-state index in [0.717, 1.165) is 6.07 Å². The Morgan fingerprint density at radius 1 is 1.19 bits per heavy atom. The second kappa shape index (κ2) is 10.5. The van der Waals surface area contributed by atoms with E-state index in [2.05, 4.69) is 15.6 Å². The summed E-state index contributed by atoms with van der Waals surface area (Å²) in [5.41, 5.74) is 0.707. The first-order chi connectivity index (χ1) is 15.3. The van der Waals surface area contributed by atoms with Gasteiger partial charge in [0.15, 0.2) is 0 Å². The number of hydrogen-bond donors (Lipinski definition) is 3. The van der Waals surface area contributed by atoms with Gasteiger partial charge in [-0.1, -0.05) is 29.8 Å². The molecule has 0 aliphatic rings. The number of hydrogen-bond acceptors (Lipinski definition) is 3. The van der Waals surface area contributed by atoms with Gasteiger partial charge in [0.2, 0.25) is 0 Å². The quantitative estimate of drug-likeness (QED) is 0.418. The molecular weight excluding hydrogens is 445 g/mol. The van der Waals surface area contributed by atoms with Gasteiger partial charge in [0.05, 0.1) is 17.6 Å². The lowest BCUT2D eigenvalue weighted by Gasteiger charge is -2.30. The van der Waals surface area contributed by atoms with Gasteiger partial charge in [0.1, 0.15) is 5.82 Å². The monoisotopic (exact) mass is 466 g/mol. The molecule has 0 radical (unpaired) electrons. The highest BCUT2D eigenvalue weighted by Crippen LogP contribution is 2.27. The molecule has 10 heteroatoms. The van der Waals surface area contributed by atoms with Crippen molar-refractivity contribution in [1.82, 2.24) is 15.2 Å². The van der Waals surface area contributed by atoms with Crippen molar-refractivity contribution in [3.63, 3.8) is 0 Å². The molecule has 0 saturated heterocycles. The molecule has 0 bridgehead atoms. The van der Waals surface area contributed by atoms with Crippen molar-refractivity contribution in [2.45, 2.75) is 19.4 Å². The van der Waals surface area contributed by atoms with E-state index in [1.54, 1.807) is 31.2 Å². The standard InChI is InChI=1S/C22H22ClF3N4O2/c1-13(17-11-28-21(31)16-5-3-2-4-15(16)17)30(9-8-27-12-20(25)26)22(32)29-14-6-7-19(24)18(23)10-14/h2-7,10-11,13,20,27H,8-9,12H2,1H3,(H,28,31)(H,29,32). The van der Waals surface area contributed by atoms with E-state index in [1.807, 2.05) is 0 Å². The second-order valence-corrected chi connectivity index (χ2v) is 7.55. The van der Waals surface area contributed by atoms with Crippen molar-refractivity contribution < 1.29 is 18.0 Å². The van der Waals surface area contributed by atoms with Gasteiger partial charge in [0, 0.05) is 30.4 Å². The molecule has 3 aromatic rings. The molecule has 1 atom stereocenters. The maximum absolute atomic E-state index is 13.4. The Balaban J connectivity index is 1.89. The van der Waals surface area contributed by atoms with Crippen LogP contribution in [0.4, 0.5) is 23.7 Å². The Morgan fingerprint density at radius 2 is 1.91 bits per heavy atom. The summed E-state index contributed by atoms with van der Waals surface area (Å²) in [4.78, 5) is 29.4. The van der Waals surface area contributed by atoms with Gasteiger partial charge in [-0.2, -0.15) is 0 Å². The SMILES string of the molecule is CC(c1c[nH]c(=O)c2ccccc12)N(CCNCC(F)F)C(=O)Nc1ccc(F)c(Cl)c1. The van der Waals surface area contributed by atoms with Crippen LogP contribution in [0.15, 0.2) is 53.5 Å². The van der Waals surface area contributed by atoms with Crippen LogP contribution in [0.25, 0.3) is 10.8 Å². The van der Waals surface area contributed by atoms with Gasteiger partial charge < -0.3 is 20.5 Å². The minimum Gasteiger partial charge on any atom is -0.328 e. The highest BCUT2D eigenvalue weighted by atomic mass is 35.5. The maximum Gasteiger partial charge on any atom is 0.322 e. The maximum atomic E-state index is 13.4. The predicted octanol–water partition coefficient (Wildman–Crippen LogP) is 4.77. The lowest BCUT2D eigenvalue weighted by molar-refractivity contribution is 0.143. The number of carbonyl (C=O) groups is 1. The number of fused-ring (bicyclic) bond motifs is 1. The molecule has 0 saturated carbocycles. The number of pyridine rings is 1. The van der Waals surface area contributed by atoms with E-state index >= 15 is 0 Å². The Bertz CT molecular complexity index is 1160.